The molecule has 2 bridgehead atoms. The Kier molecular flexibility index (Phi) is 17.9. The molecule has 3 fully saturated rings. The highest BCUT2D eigenvalue weighted by Crippen LogP contribution is 2.40. The van der Waals surface area contributed by atoms with E-state index in [0.29, 0.717) is 62.8 Å². The summed E-state index contributed by atoms with van der Waals surface area (Å²) in [4.78, 5) is 58.4. The van der Waals surface area contributed by atoms with Gasteiger partial charge in [0.05, 0.1) is 24.4 Å². The number of methoxy groups -OCH3 is 2. The zero-order valence-corrected chi connectivity index (χ0v) is 40.9. The monoisotopic (exact) mass is 933 g/mol. The van der Waals surface area contributed by atoms with E-state index in [-0.39, 0.29) is 49.8 Å². The Labute approximate surface area is 396 Å². The van der Waals surface area contributed by atoms with E-state index in [1.807, 2.05) is 70.3 Å². The Morgan fingerprint density at radius 2 is 1.67 bits per heavy atom. The topological polar surface area (TPSA) is 183 Å². The first kappa shape index (κ1) is 52.2. The van der Waals surface area contributed by atoms with Crippen molar-refractivity contribution in [3.05, 3.63) is 66.4 Å². The maximum atomic E-state index is 14.5. The first-order chi connectivity index (χ1) is 31.9. The number of cyclic esters (lactones) is 1. The van der Waals surface area contributed by atoms with Crippen molar-refractivity contribution in [2.75, 3.05) is 20.8 Å². The number of ether oxygens (including phenoxy) is 5. The minimum atomic E-state index is -2.55. The molecule has 3 aliphatic heterocycles. The number of allylic oxidation sites excluding steroid dienone is 3. The van der Waals surface area contributed by atoms with Gasteiger partial charge in [-0.1, -0.05) is 45.9 Å². The van der Waals surface area contributed by atoms with E-state index in [4.69, 9.17) is 23.7 Å². The number of ketones is 2. The summed E-state index contributed by atoms with van der Waals surface area (Å²) in [6, 6.07) is 6.85. The van der Waals surface area contributed by atoms with Crippen molar-refractivity contribution in [2.24, 2.45) is 29.6 Å². The number of piperidine rings is 1. The van der Waals surface area contributed by atoms with E-state index >= 15 is 0 Å². The van der Waals surface area contributed by atoms with E-state index in [0.717, 1.165) is 16.5 Å². The highest BCUT2D eigenvalue weighted by atomic mass is 16.7. The van der Waals surface area contributed by atoms with Crippen LogP contribution in [0.15, 0.2) is 66.4 Å². The van der Waals surface area contributed by atoms with E-state index < -0.39 is 90.0 Å². The Hall–Kier alpha value is -4.18. The number of aromatic nitrogens is 1. The third-order valence-corrected chi connectivity index (χ3v) is 15.1. The van der Waals surface area contributed by atoms with Gasteiger partial charge in [-0.05, 0) is 131 Å². The summed E-state index contributed by atoms with van der Waals surface area (Å²) < 4.78 is 32.8. The van der Waals surface area contributed by atoms with Gasteiger partial charge in [0, 0.05) is 62.7 Å². The minimum absolute atomic E-state index is 0.00496. The Bertz CT molecular complexity index is 2130. The fraction of sp³-hybridized carbons (Fsp3) is 0.660. The molecule has 0 spiro atoms. The Morgan fingerprint density at radius 3 is 2.36 bits per heavy atom. The normalized spacial score (nSPS) is 35.9. The third kappa shape index (κ3) is 11.8. The predicted octanol–water partition coefficient (Wildman–Crippen LogP) is 7.05. The van der Waals surface area contributed by atoms with Gasteiger partial charge in [-0.15, -0.1) is 6.58 Å². The molecule has 3 N–H and O–H groups in total. The van der Waals surface area contributed by atoms with Crippen molar-refractivity contribution in [1.82, 2.24) is 9.47 Å². The van der Waals surface area contributed by atoms with Crippen LogP contribution in [0.1, 0.15) is 112 Å². The van der Waals surface area contributed by atoms with Crippen LogP contribution in [0.25, 0.3) is 10.9 Å². The number of esters is 1. The second-order valence-corrected chi connectivity index (χ2v) is 19.9. The number of aliphatic hydroxyl groups is 3. The third-order valence-electron chi connectivity index (χ3n) is 15.1. The number of hydrogen-bond acceptors (Lipinski definition) is 12. The van der Waals surface area contributed by atoms with E-state index in [9.17, 15) is 34.5 Å². The van der Waals surface area contributed by atoms with Gasteiger partial charge >= 0.3 is 5.97 Å². The second kappa shape index (κ2) is 23.0. The summed E-state index contributed by atoms with van der Waals surface area (Å²) >= 11 is 0. The summed E-state index contributed by atoms with van der Waals surface area (Å²) in [5, 5.41) is 36.2. The van der Waals surface area contributed by atoms with E-state index in [1.54, 1.807) is 13.8 Å². The number of Topliss-reactive ketones (excluding diaryl/α,β-unsaturated/α-hetero) is 2. The van der Waals surface area contributed by atoms with Crippen molar-refractivity contribution in [3.63, 3.8) is 0 Å². The average molecular weight is 933 g/mol. The lowest BCUT2D eigenvalue weighted by atomic mass is 9.81. The number of carbonyl (C=O) groups is 4. The molecule has 0 radical (unpaired) electrons. The van der Waals surface area contributed by atoms with E-state index in [1.165, 1.54) is 19.1 Å². The van der Waals surface area contributed by atoms with Crippen LogP contribution in [0.5, 0.6) is 5.75 Å². The molecule has 1 amide bonds. The molecule has 14 atom stereocenters. The van der Waals surface area contributed by atoms with Gasteiger partial charge < -0.3 is 48.5 Å². The number of aliphatic hydroxyl groups excluding tert-OH is 2. The number of carbonyl (C=O) groups excluding carboxylic acids is 4. The molecule has 14 unspecified atom stereocenters. The molecule has 1 aromatic carbocycles. The molecule has 2 saturated heterocycles. The SMILES string of the molecule is C=CCn1ccc2cc(OC3CCC(C=C(C)C4OC(=O)C5CCCCN5C(=O)C(=O)C5(O)OC(C(OC)CC(C)C(O)C(C)=CC(CC)C(=O)CCC4C)C(OC)CC5C)CC3O)ccc21. The zero-order chi connectivity index (χ0) is 48.7. The van der Waals surface area contributed by atoms with Crippen molar-refractivity contribution < 1.29 is 58.2 Å². The van der Waals surface area contributed by atoms with Crippen LogP contribution >= 0.6 is 0 Å². The van der Waals surface area contributed by atoms with Gasteiger partial charge in [0.15, 0.2) is 0 Å². The molecular formula is C53H76N2O12. The summed E-state index contributed by atoms with van der Waals surface area (Å²) in [5.41, 5.74) is 2.46. The number of amides is 1. The molecule has 6 rings (SSSR count). The summed E-state index contributed by atoms with van der Waals surface area (Å²) in [6.07, 6.45) is 7.14. The molecule has 1 saturated carbocycles. The van der Waals surface area contributed by atoms with Crippen LogP contribution in [-0.2, 0) is 44.7 Å². The molecule has 67 heavy (non-hydrogen) atoms. The molecule has 14 nitrogen and oxygen atoms in total. The lowest BCUT2D eigenvalue weighted by molar-refractivity contribution is -0.302. The summed E-state index contributed by atoms with van der Waals surface area (Å²) in [7, 11) is 2.98. The van der Waals surface area contributed by atoms with Crippen molar-refractivity contribution in [1.29, 1.82) is 0 Å². The van der Waals surface area contributed by atoms with Crippen LogP contribution < -0.4 is 4.74 Å². The number of fused-ring (bicyclic) bond motifs is 4. The van der Waals surface area contributed by atoms with Crippen molar-refractivity contribution in [2.45, 2.75) is 173 Å². The molecule has 1 aromatic heterocycles. The Balaban J connectivity index is 1.27. The first-order valence-electron chi connectivity index (χ1n) is 24.6. The van der Waals surface area contributed by atoms with Crippen LogP contribution in [0.3, 0.4) is 0 Å². The fourth-order valence-corrected chi connectivity index (χ4v) is 10.9. The van der Waals surface area contributed by atoms with Crippen LogP contribution in [-0.4, -0.2) is 124 Å². The zero-order valence-electron chi connectivity index (χ0n) is 40.9. The lowest BCUT2D eigenvalue weighted by Crippen LogP contribution is -2.64. The summed E-state index contributed by atoms with van der Waals surface area (Å²) in [5.74, 6) is -6.88. The standard InChI is InChI=1S/C53H76N2O12/c1-10-22-54-24-21-38-30-39(17-18-40(38)54)65-44-20-16-36(29-43(44)57)25-34(6)48-31(3)15-19-42(56)37(11-2)26-32(4)47(58)33(5)27-45(63-8)49-46(64-9)28-35(7)53(62,67-49)50(59)51(60)55-23-13-12-14-41(55)52(61)66-48/h10,17-18,21,24-26,30-31,33,35-37,41,43-49,57-58,62H,1,11-16,19-20,22-23,27-29H2,2-9H3. The van der Waals surface area contributed by atoms with Crippen LogP contribution in [0.2, 0.25) is 0 Å². The van der Waals surface area contributed by atoms with Crippen LogP contribution in [0.4, 0.5) is 0 Å². The lowest BCUT2D eigenvalue weighted by Gasteiger charge is -2.47. The molecule has 2 aromatic rings. The molecule has 14 heteroatoms. The van der Waals surface area contributed by atoms with Gasteiger partial charge in [-0.25, -0.2) is 4.79 Å². The largest absolute Gasteiger partial charge is 0.488 e. The van der Waals surface area contributed by atoms with Gasteiger partial charge in [-0.3, -0.25) is 14.4 Å². The van der Waals surface area contributed by atoms with Crippen molar-refractivity contribution >= 4 is 34.3 Å². The van der Waals surface area contributed by atoms with Gasteiger partial charge in [0.1, 0.15) is 35.9 Å². The highest BCUT2D eigenvalue weighted by Gasteiger charge is 2.56. The minimum Gasteiger partial charge on any atom is -0.488 e. The number of rotatable bonds is 9. The second-order valence-electron chi connectivity index (χ2n) is 19.9. The van der Waals surface area contributed by atoms with Gasteiger partial charge in [-0.2, -0.15) is 0 Å². The fourth-order valence-electron chi connectivity index (χ4n) is 10.9. The Morgan fingerprint density at radius 1 is 0.940 bits per heavy atom. The molecule has 4 heterocycles. The quantitative estimate of drug-likeness (QED) is 0.133. The predicted molar refractivity (Wildman–Crippen MR) is 254 cm³/mol. The molecular weight excluding hydrogens is 857 g/mol. The molecule has 4 aliphatic rings. The van der Waals surface area contributed by atoms with Crippen LogP contribution in [0, 0.1) is 29.6 Å². The number of benzene rings is 1. The molecule has 1 aliphatic carbocycles. The average Bonchev–Trinajstić information content (AvgIpc) is 3.72. The first-order valence-corrected chi connectivity index (χ1v) is 24.6. The van der Waals surface area contributed by atoms with Gasteiger partial charge in [0.25, 0.3) is 11.7 Å². The molecule has 370 valence electrons. The number of nitrogens with zero attached hydrogens (tertiary/aromatic N) is 2. The van der Waals surface area contributed by atoms with Gasteiger partial charge in [0.2, 0.25) is 5.79 Å². The summed E-state index contributed by atoms with van der Waals surface area (Å²) in [6.45, 7) is 15.7. The highest BCUT2D eigenvalue weighted by molar-refractivity contribution is 6.39. The smallest absolute Gasteiger partial charge is 0.329 e. The maximum Gasteiger partial charge on any atom is 0.329 e. The van der Waals surface area contributed by atoms with E-state index in [2.05, 4.69) is 17.2 Å². The number of hydrogen-bond donors (Lipinski definition) is 3. The maximum absolute atomic E-state index is 14.5. The van der Waals surface area contributed by atoms with Crippen molar-refractivity contribution in [3.8, 4) is 5.75 Å².